The average molecular weight is 999 g/mol. The van der Waals surface area contributed by atoms with Gasteiger partial charge in [-0.3, -0.25) is 24.0 Å². The summed E-state index contributed by atoms with van der Waals surface area (Å²) in [5.41, 5.74) is 0.817. The van der Waals surface area contributed by atoms with Crippen LogP contribution in [0.15, 0.2) is 89.7 Å². The molecule has 0 bridgehead atoms. The predicted octanol–water partition coefficient (Wildman–Crippen LogP) is 6.80. The van der Waals surface area contributed by atoms with E-state index in [0.29, 0.717) is 28.7 Å². The van der Waals surface area contributed by atoms with Crippen LogP contribution in [-0.4, -0.2) is 74.5 Å². The third kappa shape index (κ3) is 12.7. The van der Waals surface area contributed by atoms with Crippen molar-refractivity contribution < 1.29 is 57.2 Å². The van der Waals surface area contributed by atoms with Crippen LogP contribution in [0.4, 0.5) is 0 Å². The number of amides is 2. The van der Waals surface area contributed by atoms with Gasteiger partial charge < -0.3 is 38.9 Å². The number of hydrogen-bond donors (Lipinski definition) is 2. The lowest BCUT2D eigenvalue weighted by atomic mass is 9.85. The molecule has 0 aliphatic carbocycles. The van der Waals surface area contributed by atoms with Crippen LogP contribution in [0.2, 0.25) is 0 Å². The highest BCUT2D eigenvalue weighted by molar-refractivity contribution is 5.92. The summed E-state index contributed by atoms with van der Waals surface area (Å²) in [4.78, 5) is 112. The van der Waals surface area contributed by atoms with E-state index in [1.807, 2.05) is 67.6 Å². The number of carbonyl (C=O) groups is 7. The molecule has 0 spiro atoms. The third-order valence-electron chi connectivity index (χ3n) is 12.3. The maximum atomic E-state index is 14.4. The first-order valence-corrected chi connectivity index (χ1v) is 24.5. The lowest BCUT2D eigenvalue weighted by molar-refractivity contribution is -0.189. The molecule has 0 saturated heterocycles. The number of rotatable bonds is 18. The van der Waals surface area contributed by atoms with Crippen molar-refractivity contribution in [3.63, 3.8) is 0 Å². The van der Waals surface area contributed by atoms with E-state index in [2.05, 4.69) is 10.6 Å². The van der Waals surface area contributed by atoms with Gasteiger partial charge in [-0.25, -0.2) is 19.4 Å². The molecule has 3 unspecified atom stereocenters. The molecule has 384 valence electrons. The van der Waals surface area contributed by atoms with E-state index in [-0.39, 0.29) is 68.6 Å². The standard InChI is InChI=1S/C56H62N4O13/c1-9-36-37-29-35(70-47(63)25-23-45(61)57-42(51(66)72-54(3,4)5)27-33-17-13-11-14-18-33)21-22-41(37)59-49-38(36)31-60-44(49)30-40-39(50(60)65)32-69-53(68)56(40,10-2)71-48(64)26-24-46(62)58-43(52(67)73-55(6,7)8)28-34-19-15-12-16-20-34/h11-22,29-30,42-43H,9-10,23-28,31-32H2,1-8H3,(H,57,61)(H,58,62). The lowest BCUT2D eigenvalue weighted by Gasteiger charge is -2.35. The van der Waals surface area contributed by atoms with Crippen molar-refractivity contribution in [3.05, 3.63) is 129 Å². The van der Waals surface area contributed by atoms with Gasteiger partial charge in [0, 0.05) is 42.2 Å². The number of pyridine rings is 2. The van der Waals surface area contributed by atoms with Crippen molar-refractivity contribution >= 4 is 52.6 Å². The van der Waals surface area contributed by atoms with Crippen LogP contribution in [0.3, 0.4) is 0 Å². The summed E-state index contributed by atoms with van der Waals surface area (Å²) in [6, 6.07) is 22.9. The van der Waals surface area contributed by atoms with Gasteiger partial charge in [-0.05, 0) is 95.3 Å². The summed E-state index contributed by atoms with van der Waals surface area (Å²) in [6.45, 7) is 13.7. The number of aryl methyl sites for hydroxylation is 1. The second-order valence-corrected chi connectivity index (χ2v) is 20.2. The molecule has 5 aromatic rings. The highest BCUT2D eigenvalue weighted by atomic mass is 16.6. The Kier molecular flexibility index (Phi) is 16.0. The molecule has 2 aliphatic heterocycles. The number of cyclic esters (lactones) is 1. The van der Waals surface area contributed by atoms with E-state index in [4.69, 9.17) is 28.7 Å². The van der Waals surface area contributed by atoms with Gasteiger partial charge in [-0.15, -0.1) is 0 Å². The molecule has 73 heavy (non-hydrogen) atoms. The van der Waals surface area contributed by atoms with E-state index in [0.717, 1.165) is 22.3 Å². The Hall–Kier alpha value is -7.69. The van der Waals surface area contributed by atoms with Gasteiger partial charge in [-0.2, -0.15) is 0 Å². The topological polar surface area (TPSA) is 225 Å². The summed E-state index contributed by atoms with van der Waals surface area (Å²) in [5.74, 6) is -4.60. The fourth-order valence-corrected chi connectivity index (χ4v) is 8.99. The second kappa shape index (κ2) is 22.0. The molecule has 2 amide bonds. The Morgan fingerprint density at radius 2 is 1.26 bits per heavy atom. The number of ether oxygens (including phenoxy) is 5. The molecule has 3 atom stereocenters. The average Bonchev–Trinajstić information content (AvgIpc) is 3.70. The molecule has 2 N–H and O–H groups in total. The molecular formula is C56H62N4O13. The Morgan fingerprint density at radius 1 is 0.712 bits per heavy atom. The first-order valence-electron chi connectivity index (χ1n) is 24.5. The zero-order chi connectivity index (χ0) is 52.8. The number of carbonyl (C=O) groups excluding carboxylic acids is 7. The third-order valence-corrected chi connectivity index (χ3v) is 12.3. The van der Waals surface area contributed by atoms with E-state index >= 15 is 0 Å². The van der Waals surface area contributed by atoms with E-state index in [1.54, 1.807) is 72.7 Å². The molecule has 2 aliphatic rings. The van der Waals surface area contributed by atoms with Gasteiger partial charge in [0.25, 0.3) is 5.56 Å². The van der Waals surface area contributed by atoms with Crippen molar-refractivity contribution in [1.29, 1.82) is 0 Å². The van der Waals surface area contributed by atoms with Crippen molar-refractivity contribution in [1.82, 2.24) is 20.2 Å². The lowest BCUT2D eigenvalue weighted by Crippen LogP contribution is -2.48. The van der Waals surface area contributed by atoms with Gasteiger partial charge >= 0.3 is 29.8 Å². The first-order chi connectivity index (χ1) is 34.6. The van der Waals surface area contributed by atoms with Crippen molar-refractivity contribution in [3.8, 4) is 17.1 Å². The van der Waals surface area contributed by atoms with E-state index in [1.165, 1.54) is 4.57 Å². The number of benzene rings is 3. The number of nitrogens with zero attached hydrogens (tertiary/aromatic N) is 2. The Labute approximate surface area is 423 Å². The van der Waals surface area contributed by atoms with Crippen LogP contribution in [0, 0.1) is 0 Å². The zero-order valence-electron chi connectivity index (χ0n) is 42.5. The summed E-state index contributed by atoms with van der Waals surface area (Å²) in [5, 5.41) is 6.08. The van der Waals surface area contributed by atoms with E-state index < -0.39 is 82.5 Å². The maximum absolute atomic E-state index is 14.4. The van der Waals surface area contributed by atoms with Crippen LogP contribution in [0.5, 0.6) is 5.75 Å². The smallest absolute Gasteiger partial charge is 0.355 e. The molecule has 3 aromatic carbocycles. The van der Waals surface area contributed by atoms with Crippen LogP contribution < -0.4 is 20.9 Å². The molecule has 17 nitrogen and oxygen atoms in total. The Bertz CT molecular complexity index is 3010. The molecule has 0 fully saturated rings. The zero-order valence-corrected chi connectivity index (χ0v) is 42.5. The maximum Gasteiger partial charge on any atom is 0.355 e. The molecule has 17 heteroatoms. The monoisotopic (exact) mass is 998 g/mol. The number of fused-ring (bicyclic) bond motifs is 5. The van der Waals surface area contributed by atoms with Gasteiger partial charge in [0.05, 0.1) is 41.9 Å². The van der Waals surface area contributed by atoms with Crippen LogP contribution in [0.25, 0.3) is 22.3 Å². The van der Waals surface area contributed by atoms with Crippen LogP contribution >= 0.6 is 0 Å². The number of hydrogen-bond acceptors (Lipinski definition) is 14. The second-order valence-electron chi connectivity index (χ2n) is 20.2. The van der Waals surface area contributed by atoms with Gasteiger partial charge in [-0.1, -0.05) is 74.5 Å². The SMILES string of the molecule is CCc1c2c(nc3ccc(OC(=O)CCC(=O)NC(Cc4ccccc4)C(=O)OC(C)(C)C)cc13)-c1cc3c(c(=O)n1C2)COC(=O)C3(CC)OC(=O)CCC(=O)NC(Cc1ccccc1)C(=O)OC(C)(C)C. The molecule has 0 radical (unpaired) electrons. The molecule has 7 rings (SSSR count). The Morgan fingerprint density at radius 3 is 1.78 bits per heavy atom. The quantitative estimate of drug-likeness (QED) is 0.0514. The highest BCUT2D eigenvalue weighted by Gasteiger charge is 2.50. The van der Waals surface area contributed by atoms with Crippen molar-refractivity contribution in [2.45, 2.75) is 149 Å². The summed E-state index contributed by atoms with van der Waals surface area (Å²) in [7, 11) is 0. The Balaban J connectivity index is 1.05. The number of aromatic nitrogens is 2. The highest BCUT2D eigenvalue weighted by Crippen LogP contribution is 2.42. The van der Waals surface area contributed by atoms with Crippen molar-refractivity contribution in [2.75, 3.05) is 0 Å². The number of esters is 5. The minimum atomic E-state index is -2.02. The normalized spacial score (nSPS) is 15.6. The molecule has 2 aromatic heterocycles. The molecule has 4 heterocycles. The minimum Gasteiger partial charge on any atom is -0.458 e. The fraction of sp³-hybridized carbons (Fsp3) is 0.411. The molecule has 0 saturated carbocycles. The number of nitrogens with one attached hydrogen (secondary N) is 2. The summed E-state index contributed by atoms with van der Waals surface area (Å²) < 4.78 is 29.8. The first kappa shape index (κ1) is 53.1. The fourth-order valence-electron chi connectivity index (χ4n) is 8.99. The van der Waals surface area contributed by atoms with Crippen LogP contribution in [0.1, 0.15) is 121 Å². The molecular weight excluding hydrogens is 937 g/mol. The minimum absolute atomic E-state index is 0.0945. The largest absolute Gasteiger partial charge is 0.458 e. The summed E-state index contributed by atoms with van der Waals surface area (Å²) >= 11 is 0. The van der Waals surface area contributed by atoms with E-state index in [9.17, 15) is 38.4 Å². The van der Waals surface area contributed by atoms with Gasteiger partial charge in [0.1, 0.15) is 35.6 Å². The van der Waals surface area contributed by atoms with Gasteiger partial charge in [0.2, 0.25) is 17.4 Å². The van der Waals surface area contributed by atoms with Gasteiger partial charge in [0.15, 0.2) is 0 Å². The summed E-state index contributed by atoms with van der Waals surface area (Å²) in [6.07, 6.45) is -0.595. The van der Waals surface area contributed by atoms with Crippen LogP contribution in [-0.2, 0) is 90.5 Å². The van der Waals surface area contributed by atoms with Crippen molar-refractivity contribution in [2.24, 2.45) is 0 Å². The predicted molar refractivity (Wildman–Crippen MR) is 268 cm³/mol.